The smallest absolute Gasteiger partial charge is 0.228 e. The number of hydrogen-bond acceptors (Lipinski definition) is 5. The van der Waals surface area contributed by atoms with Crippen molar-refractivity contribution in [3.05, 3.63) is 90.3 Å². The monoisotopic (exact) mass is 459 g/mol. The lowest BCUT2D eigenvalue weighted by atomic mass is 10.0. The maximum atomic E-state index is 12.4. The summed E-state index contributed by atoms with van der Waals surface area (Å²) in [6.07, 6.45) is 9.86. The van der Waals surface area contributed by atoms with E-state index >= 15 is 0 Å². The van der Waals surface area contributed by atoms with E-state index in [1.54, 1.807) is 35.2 Å². The largest absolute Gasteiger partial charge is 0.326 e. The number of hydrogen-bond donors (Lipinski definition) is 1. The van der Waals surface area contributed by atoms with E-state index in [9.17, 15) is 9.00 Å². The van der Waals surface area contributed by atoms with Crippen LogP contribution in [0.4, 0.5) is 5.69 Å². The van der Waals surface area contributed by atoms with E-state index in [1.807, 2.05) is 56.1 Å². The number of aryl methyl sites for hydroxylation is 1. The number of rotatable bonds is 7. The first-order valence-corrected chi connectivity index (χ1v) is 12.5. The van der Waals surface area contributed by atoms with Gasteiger partial charge in [0.05, 0.1) is 12.6 Å². The summed E-state index contributed by atoms with van der Waals surface area (Å²) in [6, 6.07) is 14.7. The number of nitrogens with zero attached hydrogens (tertiary/aromatic N) is 4. The highest BCUT2D eigenvalue weighted by Crippen LogP contribution is 2.19. The molecule has 168 valence electrons. The SMILES string of the molecule is C=S(C)(=O)c1ccc(NC(=O)Cc2ccc(-c3cnc(Cc4cnn(C)c4)nc3)cc2)cc1. The zero-order chi connectivity index (χ0) is 23.4. The van der Waals surface area contributed by atoms with Crippen LogP contribution in [0.25, 0.3) is 11.1 Å². The lowest BCUT2D eigenvalue weighted by Crippen LogP contribution is -2.14. The second-order valence-electron chi connectivity index (χ2n) is 8.04. The zero-order valence-electron chi connectivity index (χ0n) is 18.6. The van der Waals surface area contributed by atoms with Crippen LogP contribution < -0.4 is 5.32 Å². The molecule has 1 amide bonds. The Hall–Kier alpha value is -3.78. The maximum Gasteiger partial charge on any atom is 0.228 e. The van der Waals surface area contributed by atoms with Crippen LogP contribution in [-0.2, 0) is 34.2 Å². The normalized spacial score (nSPS) is 12.8. The molecule has 1 N–H and O–H groups in total. The van der Waals surface area contributed by atoms with Gasteiger partial charge in [0.2, 0.25) is 5.91 Å². The van der Waals surface area contributed by atoms with Crippen molar-refractivity contribution in [3.8, 4) is 11.1 Å². The van der Waals surface area contributed by atoms with Gasteiger partial charge in [0.15, 0.2) is 0 Å². The Morgan fingerprint density at radius 3 is 2.21 bits per heavy atom. The molecule has 0 aliphatic carbocycles. The van der Waals surface area contributed by atoms with Crippen molar-refractivity contribution in [2.45, 2.75) is 17.7 Å². The minimum absolute atomic E-state index is 0.120. The van der Waals surface area contributed by atoms with Crippen LogP contribution in [0.3, 0.4) is 0 Å². The van der Waals surface area contributed by atoms with E-state index in [-0.39, 0.29) is 12.3 Å². The second-order valence-corrected chi connectivity index (χ2v) is 10.5. The summed E-state index contributed by atoms with van der Waals surface area (Å²) in [4.78, 5) is 22.0. The first kappa shape index (κ1) is 22.4. The van der Waals surface area contributed by atoms with Crippen LogP contribution in [0, 0.1) is 0 Å². The molecule has 0 radical (unpaired) electrons. The van der Waals surface area contributed by atoms with Crippen molar-refractivity contribution in [1.82, 2.24) is 19.7 Å². The van der Waals surface area contributed by atoms with Crippen molar-refractivity contribution in [3.63, 3.8) is 0 Å². The van der Waals surface area contributed by atoms with Crippen LogP contribution in [0.5, 0.6) is 0 Å². The predicted molar refractivity (Wildman–Crippen MR) is 132 cm³/mol. The molecule has 0 aliphatic heterocycles. The molecule has 0 bridgehead atoms. The number of carbonyl (C=O) groups excluding carboxylic acids is 1. The van der Waals surface area contributed by atoms with Gasteiger partial charge in [-0.15, -0.1) is 0 Å². The minimum Gasteiger partial charge on any atom is -0.326 e. The Bertz CT molecular complexity index is 1360. The molecular weight excluding hydrogens is 434 g/mol. The van der Waals surface area contributed by atoms with Crippen molar-refractivity contribution >= 4 is 27.0 Å². The molecule has 1 atom stereocenters. The topological polar surface area (TPSA) is 89.8 Å². The summed E-state index contributed by atoms with van der Waals surface area (Å²) in [6.45, 7) is 0. The van der Waals surface area contributed by atoms with Gasteiger partial charge in [-0.25, -0.2) is 9.97 Å². The molecule has 8 heteroatoms. The first-order chi connectivity index (χ1) is 15.8. The number of benzene rings is 2. The summed E-state index contributed by atoms with van der Waals surface area (Å²) in [5.74, 6) is 4.29. The number of aromatic nitrogens is 4. The average molecular weight is 460 g/mol. The molecule has 0 saturated heterocycles. The van der Waals surface area contributed by atoms with E-state index in [1.165, 1.54) is 0 Å². The predicted octanol–water partition coefficient (Wildman–Crippen LogP) is 3.35. The summed E-state index contributed by atoms with van der Waals surface area (Å²) >= 11 is 0. The van der Waals surface area contributed by atoms with Crippen molar-refractivity contribution in [2.24, 2.45) is 7.05 Å². The number of amides is 1. The van der Waals surface area contributed by atoms with E-state index < -0.39 is 9.52 Å². The summed E-state index contributed by atoms with van der Waals surface area (Å²) < 4.78 is 13.7. The summed E-state index contributed by atoms with van der Waals surface area (Å²) in [7, 11) is -0.382. The average Bonchev–Trinajstić information content (AvgIpc) is 3.19. The number of carbonyl (C=O) groups is 1. The van der Waals surface area contributed by atoms with Gasteiger partial charge in [-0.05, 0) is 56.3 Å². The molecule has 4 rings (SSSR count). The Balaban J connectivity index is 1.35. The summed E-state index contributed by atoms with van der Waals surface area (Å²) in [5.41, 5.74) is 4.53. The van der Waals surface area contributed by atoms with Crippen LogP contribution in [0.15, 0.2) is 78.2 Å². The summed E-state index contributed by atoms with van der Waals surface area (Å²) in [5, 5.41) is 7.03. The fourth-order valence-corrected chi connectivity index (χ4v) is 4.08. The van der Waals surface area contributed by atoms with Crippen molar-refractivity contribution < 1.29 is 9.00 Å². The Morgan fingerprint density at radius 2 is 1.64 bits per heavy atom. The van der Waals surface area contributed by atoms with E-state index in [0.717, 1.165) is 28.1 Å². The highest BCUT2D eigenvalue weighted by molar-refractivity contribution is 7.99. The molecule has 0 spiro atoms. The zero-order valence-corrected chi connectivity index (χ0v) is 19.4. The quantitative estimate of drug-likeness (QED) is 0.428. The third-order valence-corrected chi connectivity index (χ3v) is 6.38. The van der Waals surface area contributed by atoms with Crippen molar-refractivity contribution in [2.75, 3.05) is 11.6 Å². The fourth-order valence-electron chi connectivity index (χ4n) is 3.37. The van der Waals surface area contributed by atoms with Crippen molar-refractivity contribution in [1.29, 1.82) is 0 Å². The van der Waals surface area contributed by atoms with Gasteiger partial charge in [0.25, 0.3) is 0 Å². The third-order valence-electron chi connectivity index (χ3n) is 5.11. The molecule has 7 nitrogen and oxygen atoms in total. The molecule has 0 aliphatic rings. The van der Waals surface area contributed by atoms with Gasteiger partial charge in [-0.1, -0.05) is 24.3 Å². The lowest BCUT2D eigenvalue weighted by Gasteiger charge is -2.08. The molecule has 2 heterocycles. The second kappa shape index (κ2) is 9.38. The molecule has 33 heavy (non-hydrogen) atoms. The highest BCUT2D eigenvalue weighted by atomic mass is 32.2. The maximum absolute atomic E-state index is 12.4. The molecule has 1 unspecified atom stereocenters. The third kappa shape index (κ3) is 5.93. The Labute approximate surface area is 193 Å². The lowest BCUT2D eigenvalue weighted by molar-refractivity contribution is -0.115. The van der Waals surface area contributed by atoms with E-state index in [0.29, 0.717) is 17.0 Å². The van der Waals surface area contributed by atoms with Crippen LogP contribution in [-0.4, -0.2) is 42.0 Å². The van der Waals surface area contributed by atoms with Gasteiger partial charge < -0.3 is 5.32 Å². The van der Waals surface area contributed by atoms with E-state index in [2.05, 4.69) is 26.3 Å². The molecule has 2 aromatic heterocycles. The highest BCUT2D eigenvalue weighted by Gasteiger charge is 2.08. The van der Waals surface area contributed by atoms with Gasteiger partial charge in [0.1, 0.15) is 5.82 Å². The van der Waals surface area contributed by atoms with Gasteiger partial charge in [-0.2, -0.15) is 5.10 Å². The van der Waals surface area contributed by atoms with Crippen LogP contribution in [0.2, 0.25) is 0 Å². The minimum atomic E-state index is -2.26. The van der Waals surface area contributed by atoms with Gasteiger partial charge >= 0.3 is 0 Å². The van der Waals surface area contributed by atoms with E-state index in [4.69, 9.17) is 0 Å². The van der Waals surface area contributed by atoms with Gasteiger partial charge in [-0.3, -0.25) is 13.7 Å². The Morgan fingerprint density at radius 1 is 0.970 bits per heavy atom. The molecule has 0 fully saturated rings. The molecule has 4 aromatic rings. The molecule has 2 aromatic carbocycles. The first-order valence-electron chi connectivity index (χ1n) is 10.4. The molecule has 0 saturated carbocycles. The molecular formula is C25H25N5O2S. The fraction of sp³-hybridized carbons (Fsp3) is 0.160. The number of nitrogens with one attached hydrogen (secondary N) is 1. The number of anilines is 1. The standard InChI is InChI=1S/C25H25N5O2S/c1-30-17-19(14-28-30)12-24-26-15-21(16-27-24)20-6-4-18(5-7-20)13-25(31)29-22-8-10-23(11-9-22)33(2,3)32/h4-11,14-17H,2,12-13H2,1,3H3,(H,29,31). The van der Waals surface area contributed by atoms with Crippen LogP contribution >= 0.6 is 0 Å². The van der Waals surface area contributed by atoms with Gasteiger partial charge in [0, 0.05) is 54.5 Å². The van der Waals surface area contributed by atoms with Crippen LogP contribution in [0.1, 0.15) is 17.0 Å². The Kier molecular flexibility index (Phi) is 6.37.